The Bertz CT molecular complexity index is 373. The van der Waals surface area contributed by atoms with E-state index in [1.54, 1.807) is 0 Å². The van der Waals surface area contributed by atoms with Crippen LogP contribution in [0.15, 0.2) is 24.3 Å². The third-order valence-corrected chi connectivity index (χ3v) is 1.52. The number of benzene rings is 1. The predicted molar refractivity (Wildman–Crippen MR) is 41.2 cm³/mol. The third-order valence-electron chi connectivity index (χ3n) is 1.52. The van der Waals surface area contributed by atoms with Crippen LogP contribution in [-0.4, -0.2) is 18.0 Å². The van der Waals surface area contributed by atoms with Gasteiger partial charge in [0.2, 0.25) is 5.78 Å². The van der Waals surface area contributed by atoms with E-state index in [1.807, 2.05) is 0 Å². The summed E-state index contributed by atoms with van der Waals surface area (Å²) in [7, 11) is 0. The molecule has 0 aliphatic heterocycles. The van der Waals surface area contributed by atoms with E-state index in [0.29, 0.717) is 0 Å². The molecule has 0 saturated carbocycles. The molecule has 0 aromatic heterocycles. The summed E-state index contributed by atoms with van der Waals surface area (Å²) in [5.41, 5.74) is -0.405. The Morgan fingerprint density at radius 1 is 1.14 bits per heavy atom. The number of carboxylic acid groups (broad SMARTS) is 1. The zero-order valence-electron chi connectivity index (χ0n) is 7.52. The molecule has 14 heavy (non-hydrogen) atoms. The Labute approximate surface area is 92.1 Å². The molecule has 66 valence electrons. The van der Waals surface area contributed by atoms with E-state index < -0.39 is 11.8 Å². The van der Waals surface area contributed by atoms with Gasteiger partial charge in [-0.1, -0.05) is 24.3 Å². The van der Waals surface area contributed by atoms with Crippen molar-refractivity contribution in [3.63, 3.8) is 0 Å². The number of carbonyl (C=O) groups excluding carboxylic acids is 3. The first kappa shape index (κ1) is 12.6. The van der Waals surface area contributed by atoms with Crippen molar-refractivity contribution in [3.8, 4) is 0 Å². The van der Waals surface area contributed by atoms with Gasteiger partial charge in [0.15, 0.2) is 6.29 Å². The molecule has 0 fully saturated rings. The average molecular weight is 184 g/mol. The van der Waals surface area contributed by atoms with Crippen molar-refractivity contribution in [3.05, 3.63) is 35.4 Å². The van der Waals surface area contributed by atoms with Crippen molar-refractivity contribution in [2.24, 2.45) is 0 Å². The van der Waals surface area contributed by atoms with Gasteiger partial charge in [0.25, 0.3) is 0 Å². The van der Waals surface area contributed by atoms with Gasteiger partial charge in [-0.25, -0.2) is 0 Å². The summed E-state index contributed by atoms with van der Waals surface area (Å²) in [6, 6.07) is 5.41. The van der Waals surface area contributed by atoms with E-state index in [2.05, 4.69) is 0 Å². The van der Waals surface area contributed by atoms with Gasteiger partial charge < -0.3 is 9.90 Å². The second-order valence-corrected chi connectivity index (χ2v) is 2.32. The first-order chi connectivity index (χ1) is 6.16. The predicted octanol–water partition coefficient (Wildman–Crippen LogP) is -3.56. The molecule has 0 spiro atoms. The molecule has 0 unspecified atom stereocenters. The number of Topliss-reactive ketones (excluding diaryl/α,β-unsaturated/α-hetero) is 1. The summed E-state index contributed by atoms with van der Waals surface area (Å²) in [5, 5.41) is 10.5. The topological polar surface area (TPSA) is 74.3 Å². The molecule has 1 aromatic carbocycles. The van der Waals surface area contributed by atoms with Gasteiger partial charge in [0.05, 0.1) is 5.97 Å². The van der Waals surface area contributed by atoms with Crippen LogP contribution in [-0.2, 0) is 4.79 Å². The van der Waals surface area contributed by atoms with E-state index >= 15 is 0 Å². The zero-order chi connectivity index (χ0) is 9.84. The summed E-state index contributed by atoms with van der Waals surface area (Å²) in [6.07, 6.45) is 0.0712. The maximum Gasteiger partial charge on any atom is 1.00 e. The number of aldehydes is 1. The summed E-state index contributed by atoms with van der Waals surface area (Å²) in [4.78, 5) is 31.5. The van der Waals surface area contributed by atoms with Gasteiger partial charge in [-0.05, 0) is 0 Å². The van der Waals surface area contributed by atoms with Gasteiger partial charge in [-0.2, -0.15) is 0 Å². The smallest absolute Gasteiger partial charge is 0.545 e. The number of ketones is 1. The van der Waals surface area contributed by atoms with Crippen LogP contribution in [0.3, 0.4) is 0 Å². The molecule has 1 aromatic rings. The van der Waals surface area contributed by atoms with Gasteiger partial charge >= 0.3 is 18.9 Å². The van der Waals surface area contributed by atoms with Gasteiger partial charge in [0, 0.05) is 11.1 Å². The van der Waals surface area contributed by atoms with Gasteiger partial charge in [-0.3, -0.25) is 9.59 Å². The summed E-state index contributed by atoms with van der Waals surface area (Å²) in [6.45, 7) is 0. The number of aromatic carboxylic acids is 1. The van der Waals surface area contributed by atoms with E-state index in [1.165, 1.54) is 24.3 Å². The molecule has 5 heteroatoms. The van der Waals surface area contributed by atoms with Crippen LogP contribution >= 0.6 is 0 Å². The van der Waals surface area contributed by atoms with Crippen molar-refractivity contribution in [2.45, 2.75) is 0 Å². The summed E-state index contributed by atoms with van der Waals surface area (Å²) >= 11 is 0. The molecule has 1 rings (SSSR count). The molecule has 0 aliphatic rings. The fourth-order valence-corrected chi connectivity index (χ4v) is 0.939. The second-order valence-electron chi connectivity index (χ2n) is 2.32. The van der Waals surface area contributed by atoms with E-state index in [-0.39, 0.29) is 36.3 Å². The van der Waals surface area contributed by atoms with Crippen LogP contribution in [0.1, 0.15) is 20.7 Å². The van der Waals surface area contributed by atoms with Crippen LogP contribution in [0.2, 0.25) is 0 Å². The van der Waals surface area contributed by atoms with E-state index in [0.717, 1.165) is 0 Å². The first-order valence-electron chi connectivity index (χ1n) is 3.46. The molecule has 4 nitrogen and oxygen atoms in total. The molecule has 0 N–H and O–H groups in total. The average Bonchev–Trinajstić information content (AvgIpc) is 2.16. The summed E-state index contributed by atoms with van der Waals surface area (Å²) < 4.78 is 0. The number of carboxylic acids is 1. The van der Waals surface area contributed by atoms with Crippen LogP contribution in [0.4, 0.5) is 0 Å². The van der Waals surface area contributed by atoms with Gasteiger partial charge in [-0.15, -0.1) is 0 Å². The number of hydrogen-bond acceptors (Lipinski definition) is 4. The molecule has 0 bridgehead atoms. The Hall–Kier alpha value is -1.37. The Balaban J connectivity index is 0.00000169. The van der Waals surface area contributed by atoms with Crippen LogP contribution < -0.4 is 24.0 Å². The second kappa shape index (κ2) is 5.38. The van der Waals surface area contributed by atoms with Crippen molar-refractivity contribution < 1.29 is 38.4 Å². The maximum absolute atomic E-state index is 10.9. The molecule has 0 aliphatic carbocycles. The van der Waals surface area contributed by atoms with E-state index in [9.17, 15) is 19.5 Å². The standard InChI is InChI=1S/C9H6O4.Li/c10-5-8(11)6-3-1-2-4-7(6)9(12)13;/h1-5H,(H,12,13);/q;+1/p-1. The summed E-state index contributed by atoms with van der Waals surface area (Å²) in [5.74, 6) is -2.33. The molecule has 0 radical (unpaired) electrons. The van der Waals surface area contributed by atoms with Crippen molar-refractivity contribution >= 4 is 18.0 Å². The molecule has 0 atom stereocenters. The molecule has 0 heterocycles. The first-order valence-corrected chi connectivity index (χ1v) is 3.46. The fourth-order valence-electron chi connectivity index (χ4n) is 0.939. The number of carbonyl (C=O) groups is 3. The monoisotopic (exact) mass is 184 g/mol. The normalized spacial score (nSPS) is 8.57. The fraction of sp³-hybridized carbons (Fsp3) is 0. The largest absolute Gasteiger partial charge is 1.00 e. The quantitative estimate of drug-likeness (QED) is 0.211. The van der Waals surface area contributed by atoms with Gasteiger partial charge in [0.1, 0.15) is 0 Å². The number of rotatable bonds is 3. The van der Waals surface area contributed by atoms with Crippen molar-refractivity contribution in [1.82, 2.24) is 0 Å². The van der Waals surface area contributed by atoms with Crippen LogP contribution in [0.25, 0.3) is 0 Å². The van der Waals surface area contributed by atoms with Crippen LogP contribution in [0.5, 0.6) is 0 Å². The van der Waals surface area contributed by atoms with Crippen molar-refractivity contribution in [1.29, 1.82) is 0 Å². The molecule has 0 amide bonds. The zero-order valence-corrected chi connectivity index (χ0v) is 7.52. The SMILES string of the molecule is O=CC(=O)c1ccccc1C(=O)[O-].[Li+]. The minimum atomic E-state index is -1.47. The Kier molecular flexibility index (Phi) is 4.85. The minimum Gasteiger partial charge on any atom is -0.545 e. The third kappa shape index (κ3) is 2.56. The number of hydrogen-bond donors (Lipinski definition) is 0. The van der Waals surface area contributed by atoms with Crippen molar-refractivity contribution in [2.75, 3.05) is 0 Å². The maximum atomic E-state index is 10.9. The molecule has 0 saturated heterocycles. The van der Waals surface area contributed by atoms with E-state index in [4.69, 9.17) is 0 Å². The Morgan fingerprint density at radius 3 is 2.07 bits per heavy atom. The molecular weight excluding hydrogens is 179 g/mol. The Morgan fingerprint density at radius 2 is 1.64 bits per heavy atom. The molecular formula is C9H5LiO4. The van der Waals surface area contributed by atoms with Crippen LogP contribution in [0, 0.1) is 0 Å². The minimum absolute atomic E-state index is 0.